The quantitative estimate of drug-likeness (QED) is 0.765. The van der Waals surface area contributed by atoms with Gasteiger partial charge in [-0.1, -0.05) is 15.9 Å². The molecule has 0 saturated carbocycles. The van der Waals surface area contributed by atoms with Gasteiger partial charge in [0.05, 0.1) is 17.0 Å². The number of rotatable bonds is 5. The first kappa shape index (κ1) is 17.1. The molecule has 1 aromatic carbocycles. The first-order valence-corrected chi connectivity index (χ1v) is 7.57. The van der Waals surface area contributed by atoms with Gasteiger partial charge in [-0.3, -0.25) is 4.90 Å². The highest BCUT2D eigenvalue weighted by molar-refractivity contribution is 9.09. The van der Waals surface area contributed by atoms with Crippen LogP contribution in [0.1, 0.15) is 5.56 Å². The van der Waals surface area contributed by atoms with E-state index in [1.807, 2.05) is 4.90 Å². The molecule has 1 saturated heterocycles. The number of primary amides is 1. The number of hydrogen-bond acceptors (Lipinski definition) is 3. The van der Waals surface area contributed by atoms with Crippen molar-refractivity contribution < 1.29 is 18.3 Å². The zero-order valence-electron chi connectivity index (χ0n) is 12.1. The first-order valence-electron chi connectivity index (χ1n) is 6.78. The minimum absolute atomic E-state index is 0.414. The minimum atomic E-state index is -0.821. The van der Waals surface area contributed by atoms with Gasteiger partial charge in [0.25, 0.3) is 0 Å². The fraction of sp³-hybridized carbons (Fsp3) is 0.500. The number of carbonyl (C=O) groups excluding carboxylic acids is 1. The summed E-state index contributed by atoms with van der Waals surface area (Å²) < 4.78 is 31.3. The van der Waals surface area contributed by atoms with Crippen LogP contribution in [-0.4, -0.2) is 50.3 Å². The SMILES string of the molecule is COCCN1C[C@H](NC(N)=O)[C@@](Br)(c2cc(F)cc(F)c2)C1. The lowest BCUT2D eigenvalue weighted by molar-refractivity contribution is 0.159. The predicted octanol–water partition coefficient (Wildman–Crippen LogP) is 1.55. The number of alkyl halides is 1. The highest BCUT2D eigenvalue weighted by atomic mass is 79.9. The average molecular weight is 378 g/mol. The molecule has 1 heterocycles. The molecule has 1 fully saturated rings. The van der Waals surface area contributed by atoms with Crippen LogP contribution < -0.4 is 11.1 Å². The number of nitrogens with one attached hydrogen (secondary N) is 1. The Hall–Kier alpha value is -1.25. The van der Waals surface area contributed by atoms with Crippen molar-refractivity contribution in [2.24, 2.45) is 5.73 Å². The van der Waals surface area contributed by atoms with Gasteiger partial charge in [-0.15, -0.1) is 0 Å². The summed E-state index contributed by atoms with van der Waals surface area (Å²) in [6.07, 6.45) is 0. The zero-order valence-corrected chi connectivity index (χ0v) is 13.7. The molecule has 0 spiro atoms. The van der Waals surface area contributed by atoms with Gasteiger partial charge in [-0.05, 0) is 17.7 Å². The van der Waals surface area contributed by atoms with Crippen molar-refractivity contribution in [1.82, 2.24) is 10.2 Å². The highest BCUT2D eigenvalue weighted by Gasteiger charge is 2.46. The average Bonchev–Trinajstić information content (AvgIpc) is 2.72. The van der Waals surface area contributed by atoms with Crippen LogP contribution in [0.25, 0.3) is 0 Å². The van der Waals surface area contributed by atoms with E-state index in [0.29, 0.717) is 31.8 Å². The van der Waals surface area contributed by atoms with Crippen molar-refractivity contribution in [2.45, 2.75) is 10.4 Å². The van der Waals surface area contributed by atoms with Crippen molar-refractivity contribution in [3.63, 3.8) is 0 Å². The number of urea groups is 1. The van der Waals surface area contributed by atoms with Gasteiger partial charge in [-0.25, -0.2) is 13.6 Å². The second kappa shape index (κ2) is 6.89. The number of methoxy groups -OCH3 is 1. The molecule has 5 nitrogen and oxygen atoms in total. The highest BCUT2D eigenvalue weighted by Crippen LogP contribution is 2.41. The Morgan fingerprint density at radius 1 is 1.50 bits per heavy atom. The van der Waals surface area contributed by atoms with E-state index in [-0.39, 0.29) is 0 Å². The molecular formula is C14H18BrF2N3O2. The third kappa shape index (κ3) is 3.74. The lowest BCUT2D eigenvalue weighted by Gasteiger charge is -2.29. The fourth-order valence-corrected chi connectivity index (χ4v) is 3.55. The molecular weight excluding hydrogens is 360 g/mol. The molecule has 8 heteroatoms. The molecule has 2 atom stereocenters. The molecule has 0 bridgehead atoms. The van der Waals surface area contributed by atoms with Crippen LogP contribution in [0.4, 0.5) is 13.6 Å². The molecule has 122 valence electrons. The van der Waals surface area contributed by atoms with Crippen LogP contribution >= 0.6 is 15.9 Å². The second-order valence-corrected chi connectivity index (χ2v) is 6.72. The molecule has 2 amide bonds. The lowest BCUT2D eigenvalue weighted by atomic mass is 9.93. The molecule has 3 N–H and O–H groups in total. The molecule has 0 aliphatic carbocycles. The van der Waals surface area contributed by atoms with Crippen LogP contribution in [0.2, 0.25) is 0 Å². The number of benzene rings is 1. The van der Waals surface area contributed by atoms with E-state index in [1.54, 1.807) is 7.11 Å². The summed E-state index contributed by atoms with van der Waals surface area (Å²) in [4.78, 5) is 13.3. The number of amides is 2. The Labute approximate surface area is 135 Å². The summed E-state index contributed by atoms with van der Waals surface area (Å²) >= 11 is 3.56. The van der Waals surface area contributed by atoms with Crippen molar-refractivity contribution >= 4 is 22.0 Å². The number of likely N-dealkylation sites (tertiary alicyclic amines) is 1. The van der Waals surface area contributed by atoms with Crippen molar-refractivity contribution in [3.8, 4) is 0 Å². The monoisotopic (exact) mass is 377 g/mol. The Kier molecular flexibility index (Phi) is 5.36. The molecule has 22 heavy (non-hydrogen) atoms. The van der Waals surface area contributed by atoms with Crippen LogP contribution in [0, 0.1) is 11.6 Å². The molecule has 0 aromatic heterocycles. The van der Waals surface area contributed by atoms with E-state index < -0.39 is 28.0 Å². The Morgan fingerprint density at radius 3 is 2.68 bits per heavy atom. The largest absolute Gasteiger partial charge is 0.383 e. The number of nitrogens with two attached hydrogens (primary N) is 1. The van der Waals surface area contributed by atoms with Crippen molar-refractivity contribution in [2.75, 3.05) is 33.4 Å². The van der Waals surface area contributed by atoms with E-state index >= 15 is 0 Å². The summed E-state index contributed by atoms with van der Waals surface area (Å²) in [5.74, 6) is -1.33. The predicted molar refractivity (Wildman–Crippen MR) is 81.8 cm³/mol. The number of hydrogen-bond donors (Lipinski definition) is 2. The van der Waals surface area contributed by atoms with Crippen molar-refractivity contribution in [3.05, 3.63) is 35.4 Å². The van der Waals surface area contributed by atoms with Gasteiger partial charge in [0.2, 0.25) is 0 Å². The van der Waals surface area contributed by atoms with Gasteiger partial charge in [0.1, 0.15) is 11.6 Å². The third-order valence-corrected chi connectivity index (χ3v) is 4.98. The van der Waals surface area contributed by atoms with Crippen LogP contribution in [-0.2, 0) is 9.06 Å². The van der Waals surface area contributed by atoms with Gasteiger partial charge < -0.3 is 15.8 Å². The Morgan fingerprint density at radius 2 is 2.14 bits per heavy atom. The fourth-order valence-electron chi connectivity index (χ4n) is 2.71. The zero-order chi connectivity index (χ0) is 16.3. The molecule has 0 radical (unpaired) electrons. The van der Waals surface area contributed by atoms with Crippen molar-refractivity contribution in [1.29, 1.82) is 0 Å². The van der Waals surface area contributed by atoms with Crippen LogP contribution in [0.3, 0.4) is 0 Å². The number of carbonyl (C=O) groups is 1. The minimum Gasteiger partial charge on any atom is -0.383 e. The summed E-state index contributed by atoms with van der Waals surface area (Å²) in [5.41, 5.74) is 5.63. The van der Waals surface area contributed by atoms with Gasteiger partial charge >= 0.3 is 6.03 Å². The molecule has 1 aromatic rings. The first-order chi connectivity index (χ1) is 10.3. The van der Waals surface area contributed by atoms with Gasteiger partial charge in [0.15, 0.2) is 0 Å². The molecule has 0 unspecified atom stereocenters. The number of halogens is 3. The standard InChI is InChI=1S/C14H18BrF2N3O2/c1-22-3-2-20-7-12(19-13(18)21)14(15,8-20)9-4-10(16)6-11(17)5-9/h4-6,12H,2-3,7-8H2,1H3,(H3,18,19,21)/t12-,14-/m0/s1. The van der Waals surface area contributed by atoms with Gasteiger partial charge in [0, 0.05) is 32.8 Å². The summed E-state index contributed by atoms with van der Waals surface area (Å²) in [6.45, 7) is 2.11. The summed E-state index contributed by atoms with van der Waals surface area (Å²) in [5, 5.41) is 2.64. The maximum absolute atomic E-state index is 13.5. The number of nitrogens with zero attached hydrogens (tertiary/aromatic N) is 1. The van der Waals surface area contributed by atoms with Crippen LogP contribution in [0.5, 0.6) is 0 Å². The molecule has 1 aliphatic heterocycles. The molecule has 2 rings (SSSR count). The van der Waals surface area contributed by atoms with E-state index in [0.717, 1.165) is 6.07 Å². The maximum atomic E-state index is 13.5. The van der Waals surface area contributed by atoms with E-state index in [2.05, 4.69) is 21.2 Å². The van der Waals surface area contributed by atoms with E-state index in [1.165, 1.54) is 12.1 Å². The Balaban J connectivity index is 2.31. The van der Waals surface area contributed by atoms with Gasteiger partial charge in [-0.2, -0.15) is 0 Å². The van der Waals surface area contributed by atoms with Crippen LogP contribution in [0.15, 0.2) is 18.2 Å². The Bertz CT molecular complexity index is 541. The summed E-state index contributed by atoms with van der Waals surface area (Å²) in [7, 11) is 1.60. The number of ether oxygens (including phenoxy) is 1. The maximum Gasteiger partial charge on any atom is 0.312 e. The summed E-state index contributed by atoms with van der Waals surface area (Å²) in [6, 6.07) is 2.23. The molecule has 1 aliphatic rings. The second-order valence-electron chi connectivity index (χ2n) is 5.31. The van der Waals surface area contributed by atoms with E-state index in [4.69, 9.17) is 10.5 Å². The smallest absolute Gasteiger partial charge is 0.312 e. The normalized spacial score (nSPS) is 25.4. The lowest BCUT2D eigenvalue weighted by Crippen LogP contribution is -2.48. The third-order valence-electron chi connectivity index (χ3n) is 3.72. The topological polar surface area (TPSA) is 67.6 Å². The van der Waals surface area contributed by atoms with E-state index in [9.17, 15) is 13.6 Å².